The van der Waals surface area contributed by atoms with Crippen molar-refractivity contribution in [3.05, 3.63) is 5.82 Å². The minimum Gasteiger partial charge on any atom is -0.481 e. The molecule has 0 atom stereocenters. The number of H-pyrrole nitrogens is 1. The zero-order chi connectivity index (χ0) is 10.8. The quantitative estimate of drug-likeness (QED) is 0.739. The second-order valence-electron chi connectivity index (χ2n) is 3.82. The van der Waals surface area contributed by atoms with E-state index in [4.69, 9.17) is 5.11 Å². The lowest BCUT2D eigenvalue weighted by Gasteiger charge is -2.28. The maximum absolute atomic E-state index is 10.7. The number of aryl methyl sites for hydroxylation is 1. The topological polar surface area (TPSA) is 82.1 Å². The largest absolute Gasteiger partial charge is 0.481 e. The van der Waals surface area contributed by atoms with Gasteiger partial charge in [-0.1, -0.05) is 0 Å². The van der Waals surface area contributed by atoms with Gasteiger partial charge in [0.15, 0.2) is 0 Å². The molecule has 2 rings (SSSR count). The van der Waals surface area contributed by atoms with E-state index in [9.17, 15) is 4.79 Å². The van der Waals surface area contributed by atoms with Crippen molar-refractivity contribution in [1.82, 2.24) is 15.2 Å². The van der Waals surface area contributed by atoms with Gasteiger partial charge in [-0.2, -0.15) is 4.98 Å². The van der Waals surface area contributed by atoms with E-state index in [1.54, 1.807) is 0 Å². The lowest BCUT2D eigenvalue weighted by Crippen LogP contribution is -2.36. The van der Waals surface area contributed by atoms with E-state index in [1.165, 1.54) is 0 Å². The molecule has 1 aliphatic rings. The molecular weight excluding hydrogens is 196 g/mol. The van der Waals surface area contributed by atoms with Crippen LogP contribution in [0.4, 0.5) is 5.95 Å². The molecule has 0 amide bonds. The van der Waals surface area contributed by atoms with Gasteiger partial charge < -0.3 is 10.0 Å². The minimum absolute atomic E-state index is 0.207. The molecule has 6 heteroatoms. The third-order valence-corrected chi connectivity index (χ3v) is 2.71. The fourth-order valence-corrected chi connectivity index (χ4v) is 1.80. The summed E-state index contributed by atoms with van der Waals surface area (Å²) in [5.41, 5.74) is 0. The van der Waals surface area contributed by atoms with Gasteiger partial charge in [0, 0.05) is 13.1 Å². The Morgan fingerprint density at radius 3 is 2.67 bits per heavy atom. The average Bonchev–Trinajstić information content (AvgIpc) is 2.65. The maximum Gasteiger partial charge on any atom is 0.306 e. The van der Waals surface area contributed by atoms with E-state index >= 15 is 0 Å². The summed E-state index contributed by atoms with van der Waals surface area (Å²) in [5.74, 6) is 0.559. The highest BCUT2D eigenvalue weighted by molar-refractivity contribution is 5.70. The van der Waals surface area contributed by atoms with Crippen LogP contribution in [0.25, 0.3) is 0 Å². The molecule has 0 spiro atoms. The summed E-state index contributed by atoms with van der Waals surface area (Å²) in [4.78, 5) is 17.0. The van der Waals surface area contributed by atoms with Gasteiger partial charge in [-0.3, -0.25) is 9.89 Å². The van der Waals surface area contributed by atoms with Crippen LogP contribution < -0.4 is 4.90 Å². The number of nitrogens with one attached hydrogen (secondary N) is 1. The van der Waals surface area contributed by atoms with Gasteiger partial charge in [-0.05, 0) is 19.8 Å². The summed E-state index contributed by atoms with van der Waals surface area (Å²) in [6.07, 6.45) is 1.34. The number of carboxylic acids is 1. The first-order chi connectivity index (χ1) is 7.16. The average molecular weight is 210 g/mol. The molecule has 0 bridgehead atoms. The Morgan fingerprint density at radius 2 is 2.20 bits per heavy atom. The van der Waals surface area contributed by atoms with E-state index in [0.717, 1.165) is 5.82 Å². The standard InChI is InChI=1S/C9H14N4O2/c1-6-10-9(12-11-6)13-4-2-7(3-5-13)8(14)15/h7H,2-5H2,1H3,(H,14,15)(H,10,11,12). The molecular formula is C9H14N4O2. The number of aromatic nitrogens is 3. The van der Waals surface area contributed by atoms with Gasteiger partial charge in [0.05, 0.1) is 5.92 Å². The molecule has 2 N–H and O–H groups in total. The second kappa shape index (κ2) is 3.88. The first-order valence-corrected chi connectivity index (χ1v) is 5.03. The fraction of sp³-hybridized carbons (Fsp3) is 0.667. The number of aromatic amines is 1. The summed E-state index contributed by atoms with van der Waals surface area (Å²) in [5, 5.41) is 15.7. The number of hydrogen-bond donors (Lipinski definition) is 2. The highest BCUT2D eigenvalue weighted by atomic mass is 16.4. The van der Waals surface area contributed by atoms with Crippen LogP contribution in [-0.2, 0) is 4.79 Å². The van der Waals surface area contributed by atoms with E-state index in [1.807, 2.05) is 11.8 Å². The molecule has 1 saturated heterocycles. The van der Waals surface area contributed by atoms with Crippen LogP contribution >= 0.6 is 0 Å². The lowest BCUT2D eigenvalue weighted by molar-refractivity contribution is -0.142. The number of piperidine rings is 1. The minimum atomic E-state index is -0.694. The molecule has 2 heterocycles. The molecule has 6 nitrogen and oxygen atoms in total. The van der Waals surface area contributed by atoms with Crippen molar-refractivity contribution in [2.24, 2.45) is 5.92 Å². The van der Waals surface area contributed by atoms with E-state index in [-0.39, 0.29) is 5.92 Å². The zero-order valence-corrected chi connectivity index (χ0v) is 8.60. The SMILES string of the molecule is Cc1nc(N2CCC(C(=O)O)CC2)n[nH]1. The van der Waals surface area contributed by atoms with Gasteiger partial charge in [0.25, 0.3) is 0 Å². The molecule has 0 aromatic carbocycles. The summed E-state index contributed by atoms with van der Waals surface area (Å²) in [7, 11) is 0. The Kier molecular flexibility index (Phi) is 2.57. The number of carbonyl (C=O) groups is 1. The Bertz CT molecular complexity index is 355. The lowest BCUT2D eigenvalue weighted by atomic mass is 9.97. The monoisotopic (exact) mass is 210 g/mol. The normalized spacial score (nSPS) is 18.1. The van der Waals surface area contributed by atoms with Gasteiger partial charge in [-0.15, -0.1) is 5.10 Å². The molecule has 1 fully saturated rings. The summed E-state index contributed by atoms with van der Waals surface area (Å²) >= 11 is 0. The second-order valence-corrected chi connectivity index (χ2v) is 3.82. The number of aliphatic carboxylic acids is 1. The predicted octanol–water partition coefficient (Wildman–Crippen LogP) is 0.414. The molecule has 82 valence electrons. The van der Waals surface area contributed by atoms with Crippen molar-refractivity contribution in [3.8, 4) is 0 Å². The van der Waals surface area contributed by atoms with Crippen LogP contribution in [0, 0.1) is 12.8 Å². The summed E-state index contributed by atoms with van der Waals surface area (Å²) in [6.45, 7) is 3.28. The summed E-state index contributed by atoms with van der Waals surface area (Å²) in [6, 6.07) is 0. The highest BCUT2D eigenvalue weighted by Crippen LogP contribution is 2.20. The van der Waals surface area contributed by atoms with Gasteiger partial charge in [0.1, 0.15) is 5.82 Å². The van der Waals surface area contributed by atoms with E-state index in [0.29, 0.717) is 31.9 Å². The molecule has 0 saturated carbocycles. The first-order valence-electron chi connectivity index (χ1n) is 5.03. The summed E-state index contributed by atoms with van der Waals surface area (Å²) < 4.78 is 0. The zero-order valence-electron chi connectivity index (χ0n) is 8.60. The van der Waals surface area contributed by atoms with Gasteiger partial charge in [-0.25, -0.2) is 0 Å². The maximum atomic E-state index is 10.7. The Labute approximate surface area is 87.3 Å². The Hall–Kier alpha value is -1.59. The molecule has 0 unspecified atom stereocenters. The van der Waals surface area contributed by atoms with Crippen LogP contribution in [-0.4, -0.2) is 39.3 Å². The van der Waals surface area contributed by atoms with Crippen molar-refractivity contribution in [3.63, 3.8) is 0 Å². The third kappa shape index (κ3) is 2.08. The van der Waals surface area contributed by atoms with E-state index < -0.39 is 5.97 Å². The number of rotatable bonds is 2. The highest BCUT2D eigenvalue weighted by Gasteiger charge is 2.25. The number of carboxylic acid groups (broad SMARTS) is 1. The Morgan fingerprint density at radius 1 is 1.53 bits per heavy atom. The van der Waals surface area contributed by atoms with Crippen LogP contribution in [0.15, 0.2) is 0 Å². The van der Waals surface area contributed by atoms with Crippen molar-refractivity contribution in [2.45, 2.75) is 19.8 Å². The van der Waals surface area contributed by atoms with Crippen molar-refractivity contribution >= 4 is 11.9 Å². The number of hydrogen-bond acceptors (Lipinski definition) is 4. The predicted molar refractivity (Wildman–Crippen MR) is 53.7 cm³/mol. The first kappa shape index (κ1) is 9.95. The van der Waals surface area contributed by atoms with Gasteiger partial charge in [0.2, 0.25) is 5.95 Å². The van der Waals surface area contributed by atoms with Crippen molar-refractivity contribution < 1.29 is 9.90 Å². The molecule has 1 aromatic heterocycles. The molecule has 1 aliphatic heterocycles. The van der Waals surface area contributed by atoms with Crippen LogP contribution in [0.3, 0.4) is 0 Å². The van der Waals surface area contributed by atoms with Crippen molar-refractivity contribution in [2.75, 3.05) is 18.0 Å². The third-order valence-electron chi connectivity index (χ3n) is 2.71. The smallest absolute Gasteiger partial charge is 0.306 e. The fourth-order valence-electron chi connectivity index (χ4n) is 1.80. The molecule has 15 heavy (non-hydrogen) atoms. The van der Waals surface area contributed by atoms with Gasteiger partial charge >= 0.3 is 5.97 Å². The molecule has 0 radical (unpaired) electrons. The van der Waals surface area contributed by atoms with E-state index in [2.05, 4.69) is 15.2 Å². The van der Waals surface area contributed by atoms with Crippen LogP contribution in [0.2, 0.25) is 0 Å². The van der Waals surface area contributed by atoms with Crippen LogP contribution in [0.5, 0.6) is 0 Å². The molecule has 0 aliphatic carbocycles. The Balaban J connectivity index is 1.96. The number of nitrogens with zero attached hydrogens (tertiary/aromatic N) is 3. The number of anilines is 1. The van der Waals surface area contributed by atoms with Crippen LogP contribution in [0.1, 0.15) is 18.7 Å². The molecule has 1 aromatic rings. The van der Waals surface area contributed by atoms with Crippen molar-refractivity contribution in [1.29, 1.82) is 0 Å².